The van der Waals surface area contributed by atoms with Crippen molar-refractivity contribution < 1.29 is 14.1 Å². The molecule has 0 radical (unpaired) electrons. The molecule has 7 nitrogen and oxygen atoms in total. The number of anilines is 1. The van der Waals surface area contributed by atoms with Crippen LogP contribution in [0.15, 0.2) is 74.5 Å². The molecule has 0 atom stereocenters. The number of benzene rings is 2. The van der Waals surface area contributed by atoms with Gasteiger partial charge in [0.1, 0.15) is 16.5 Å². The molecule has 4 aromatic rings. The Morgan fingerprint density at radius 1 is 1.11 bits per heavy atom. The van der Waals surface area contributed by atoms with E-state index < -0.39 is 4.92 Å². The highest BCUT2D eigenvalue weighted by atomic mass is 79.9. The molecule has 0 aliphatic heterocycles. The van der Waals surface area contributed by atoms with Gasteiger partial charge in [0.2, 0.25) is 0 Å². The fourth-order valence-electron chi connectivity index (χ4n) is 4.10. The van der Waals surface area contributed by atoms with Gasteiger partial charge < -0.3 is 9.73 Å². The molecule has 0 saturated carbocycles. The maximum Gasteiger partial charge on any atom is 0.270 e. The fourth-order valence-corrected chi connectivity index (χ4v) is 5.89. The quantitative estimate of drug-likeness (QED) is 0.152. The Morgan fingerprint density at radius 2 is 1.91 bits per heavy atom. The molecule has 9 heteroatoms. The number of nitrogens with zero attached hydrogens (tertiary/aromatic N) is 2. The summed E-state index contributed by atoms with van der Waals surface area (Å²) in [4.78, 5) is 29.6. The molecule has 5 rings (SSSR count). The number of furan rings is 1. The number of thiophene rings is 1. The van der Waals surface area contributed by atoms with Gasteiger partial charge in [-0.15, -0.1) is 11.3 Å². The highest BCUT2D eigenvalue weighted by molar-refractivity contribution is 9.10. The number of nitro groups is 1. The van der Waals surface area contributed by atoms with Gasteiger partial charge in [0, 0.05) is 32.7 Å². The van der Waals surface area contributed by atoms with Crippen LogP contribution in [0.1, 0.15) is 39.4 Å². The van der Waals surface area contributed by atoms with Gasteiger partial charge >= 0.3 is 0 Å². The molecule has 176 valence electrons. The summed E-state index contributed by atoms with van der Waals surface area (Å²) >= 11 is 4.94. The smallest absolute Gasteiger partial charge is 0.270 e. The zero-order valence-corrected chi connectivity index (χ0v) is 20.9. The van der Waals surface area contributed by atoms with Crippen LogP contribution in [0.5, 0.6) is 0 Å². The molecular formula is C26H20BrN3O4S. The second-order valence-electron chi connectivity index (χ2n) is 8.09. The van der Waals surface area contributed by atoms with E-state index >= 15 is 0 Å². The minimum absolute atomic E-state index is 0.00284. The Labute approximate surface area is 213 Å². The summed E-state index contributed by atoms with van der Waals surface area (Å²) in [6, 6.07) is 17.5. The molecular weight excluding hydrogens is 530 g/mol. The van der Waals surface area contributed by atoms with Gasteiger partial charge in [-0.1, -0.05) is 18.2 Å². The number of halogens is 1. The van der Waals surface area contributed by atoms with Crippen molar-refractivity contribution in [2.75, 3.05) is 5.32 Å². The van der Waals surface area contributed by atoms with Crippen molar-refractivity contribution in [3.8, 4) is 11.3 Å². The minimum atomic E-state index is -0.444. The first-order valence-electron chi connectivity index (χ1n) is 11.1. The van der Waals surface area contributed by atoms with Crippen LogP contribution in [-0.4, -0.2) is 17.0 Å². The lowest BCUT2D eigenvalue weighted by Gasteiger charge is -2.12. The van der Waals surface area contributed by atoms with Crippen LogP contribution in [0.3, 0.4) is 0 Å². The third kappa shape index (κ3) is 4.96. The Hall–Kier alpha value is -3.56. The molecule has 0 spiro atoms. The van der Waals surface area contributed by atoms with Crippen molar-refractivity contribution in [1.82, 2.24) is 0 Å². The van der Waals surface area contributed by atoms with Crippen LogP contribution in [0.2, 0.25) is 0 Å². The number of carbonyl (C=O) groups excluding carboxylic acids is 1. The average Bonchev–Trinajstić information content (AvgIpc) is 3.47. The lowest BCUT2D eigenvalue weighted by Crippen LogP contribution is -2.14. The summed E-state index contributed by atoms with van der Waals surface area (Å²) in [5.74, 6) is 0.921. The predicted molar refractivity (Wildman–Crippen MR) is 141 cm³/mol. The molecule has 2 heterocycles. The first-order valence-corrected chi connectivity index (χ1v) is 12.7. The number of nitro benzene ring substituents is 1. The van der Waals surface area contributed by atoms with Crippen molar-refractivity contribution >= 4 is 55.8 Å². The van der Waals surface area contributed by atoms with E-state index in [1.54, 1.807) is 35.8 Å². The second-order valence-corrected chi connectivity index (χ2v) is 10.0. The van der Waals surface area contributed by atoms with Gasteiger partial charge in [-0.05, 0) is 77.5 Å². The van der Waals surface area contributed by atoms with Crippen molar-refractivity contribution in [3.05, 3.63) is 97.0 Å². The fraction of sp³-hybridized carbons (Fsp3) is 0.154. The molecule has 0 unspecified atom stereocenters. The molecule has 0 bridgehead atoms. The highest BCUT2D eigenvalue weighted by Gasteiger charge is 2.25. The third-order valence-corrected chi connectivity index (χ3v) is 7.63. The normalized spacial score (nSPS) is 13.1. The van der Waals surface area contributed by atoms with Crippen LogP contribution in [0.25, 0.3) is 11.3 Å². The van der Waals surface area contributed by atoms with E-state index in [-0.39, 0.29) is 11.6 Å². The monoisotopic (exact) mass is 549 g/mol. The number of fused-ring (bicyclic) bond motifs is 1. The summed E-state index contributed by atoms with van der Waals surface area (Å²) in [7, 11) is 0. The Kier molecular flexibility index (Phi) is 6.61. The molecule has 0 saturated heterocycles. The SMILES string of the molecule is O=C(Nc1ccccc1)c1c(N=Cc2ccc(-c3ccc([N+](=O)[O-])cc3Br)o2)sc2c1CCCC2. The van der Waals surface area contributed by atoms with E-state index in [9.17, 15) is 14.9 Å². The van der Waals surface area contributed by atoms with Crippen LogP contribution < -0.4 is 5.32 Å². The van der Waals surface area contributed by atoms with Gasteiger partial charge in [-0.2, -0.15) is 0 Å². The van der Waals surface area contributed by atoms with Crippen LogP contribution in [0.4, 0.5) is 16.4 Å². The van der Waals surface area contributed by atoms with Crippen molar-refractivity contribution in [2.45, 2.75) is 25.7 Å². The third-order valence-electron chi connectivity index (χ3n) is 5.78. The Balaban J connectivity index is 1.43. The van der Waals surface area contributed by atoms with Crippen molar-refractivity contribution in [1.29, 1.82) is 0 Å². The number of nitrogens with one attached hydrogen (secondary N) is 1. The number of para-hydroxylation sites is 1. The van der Waals surface area contributed by atoms with E-state index in [0.29, 0.717) is 32.1 Å². The van der Waals surface area contributed by atoms with Gasteiger partial charge in [0.05, 0.1) is 16.7 Å². The number of rotatable bonds is 6. The van der Waals surface area contributed by atoms with Gasteiger partial charge in [-0.25, -0.2) is 4.99 Å². The largest absolute Gasteiger partial charge is 0.455 e. The standard InChI is InChI=1S/C26H20BrN3O4S/c27-21-14-17(30(32)33)10-12-19(21)22-13-11-18(34-22)15-28-26-24(20-8-4-5-9-23(20)35-26)25(31)29-16-6-2-1-3-7-16/h1-3,6-7,10-15H,4-5,8-9H2,(H,29,31). The molecule has 0 fully saturated rings. The molecule has 1 aliphatic carbocycles. The zero-order chi connectivity index (χ0) is 24.4. The zero-order valence-electron chi connectivity index (χ0n) is 18.5. The Morgan fingerprint density at radius 3 is 2.69 bits per heavy atom. The van der Waals surface area contributed by atoms with E-state index in [1.807, 2.05) is 30.3 Å². The predicted octanol–water partition coefficient (Wildman–Crippen LogP) is 7.56. The van der Waals surface area contributed by atoms with Crippen molar-refractivity contribution in [2.24, 2.45) is 4.99 Å². The number of amides is 1. The van der Waals surface area contributed by atoms with Gasteiger partial charge in [0.25, 0.3) is 11.6 Å². The molecule has 1 amide bonds. The number of aliphatic imine (C=N–C) groups is 1. The summed E-state index contributed by atoms with van der Waals surface area (Å²) in [6.45, 7) is 0. The van der Waals surface area contributed by atoms with E-state index in [2.05, 4.69) is 26.2 Å². The Bertz CT molecular complexity index is 1440. The van der Waals surface area contributed by atoms with E-state index in [0.717, 1.165) is 36.9 Å². The first-order chi connectivity index (χ1) is 17.0. The summed E-state index contributed by atoms with van der Waals surface area (Å²) in [5.41, 5.74) is 3.17. The van der Waals surface area contributed by atoms with Crippen LogP contribution >= 0.6 is 27.3 Å². The molecule has 35 heavy (non-hydrogen) atoms. The molecule has 2 aromatic heterocycles. The minimum Gasteiger partial charge on any atom is -0.455 e. The number of carbonyl (C=O) groups is 1. The topological polar surface area (TPSA) is 97.7 Å². The maximum atomic E-state index is 13.2. The molecule has 1 N–H and O–H groups in total. The average molecular weight is 550 g/mol. The number of hydrogen-bond donors (Lipinski definition) is 1. The molecule has 1 aliphatic rings. The van der Waals surface area contributed by atoms with Crippen LogP contribution in [-0.2, 0) is 12.8 Å². The van der Waals surface area contributed by atoms with Gasteiger partial charge in [-0.3, -0.25) is 14.9 Å². The summed E-state index contributed by atoms with van der Waals surface area (Å²) in [5, 5.41) is 14.7. The number of non-ortho nitro benzene ring substituents is 1. The van der Waals surface area contributed by atoms with Gasteiger partial charge in [0.15, 0.2) is 0 Å². The second kappa shape index (κ2) is 9.97. The summed E-state index contributed by atoms with van der Waals surface area (Å²) < 4.78 is 6.49. The maximum absolute atomic E-state index is 13.2. The number of hydrogen-bond acceptors (Lipinski definition) is 6. The van der Waals surface area contributed by atoms with E-state index in [4.69, 9.17) is 4.42 Å². The highest BCUT2D eigenvalue weighted by Crippen LogP contribution is 2.40. The summed E-state index contributed by atoms with van der Waals surface area (Å²) in [6.07, 6.45) is 5.61. The van der Waals surface area contributed by atoms with Crippen molar-refractivity contribution in [3.63, 3.8) is 0 Å². The van der Waals surface area contributed by atoms with Crippen LogP contribution in [0, 0.1) is 10.1 Å². The van der Waals surface area contributed by atoms with E-state index in [1.165, 1.54) is 17.0 Å². The molecule has 2 aromatic carbocycles. The first kappa shape index (κ1) is 23.2. The number of aryl methyl sites for hydroxylation is 1. The lowest BCUT2D eigenvalue weighted by atomic mass is 9.95. The lowest BCUT2D eigenvalue weighted by molar-refractivity contribution is -0.384.